The number of aliphatic hydroxyl groups is 1. The van der Waals surface area contributed by atoms with E-state index in [1.54, 1.807) is 5.57 Å². The van der Waals surface area contributed by atoms with Crippen LogP contribution in [0.1, 0.15) is 45.8 Å². The van der Waals surface area contributed by atoms with E-state index in [1.807, 2.05) is 12.1 Å². The molecular formula is C15H23NO2. The molecule has 0 radical (unpaired) electrons. The molecule has 0 fully saturated rings. The number of furan rings is 1. The minimum atomic E-state index is -0.0458. The molecule has 2 N–H and O–H groups in total. The molecule has 1 unspecified atom stereocenters. The predicted octanol–water partition coefficient (Wildman–Crippen LogP) is 3.71. The molecule has 0 saturated carbocycles. The van der Waals surface area contributed by atoms with Crippen LogP contribution in [-0.4, -0.2) is 10.6 Å². The molecule has 0 amide bonds. The normalized spacial score (nSPS) is 24.2. The van der Waals surface area contributed by atoms with Gasteiger partial charge in [0.1, 0.15) is 12.4 Å². The summed E-state index contributed by atoms with van der Waals surface area (Å²) in [6.45, 7) is 6.68. The molecule has 1 atom stereocenters. The Hall–Kier alpha value is -1.22. The van der Waals surface area contributed by atoms with Crippen LogP contribution in [0.25, 0.3) is 0 Å². The van der Waals surface area contributed by atoms with Gasteiger partial charge in [0, 0.05) is 11.6 Å². The smallest absolute Gasteiger partial charge is 0.193 e. The third-order valence-corrected chi connectivity index (χ3v) is 3.76. The van der Waals surface area contributed by atoms with Crippen molar-refractivity contribution >= 4 is 5.88 Å². The standard InChI is InChI=1S/C15H23NO2/c1-11(2)12-6-8-15(3,9-7-12)16-14-5-4-13(10-17)18-14/h4-6,11,16-17H,7-10H2,1-3H3. The lowest BCUT2D eigenvalue weighted by atomic mass is 9.81. The van der Waals surface area contributed by atoms with Gasteiger partial charge in [-0.05, 0) is 38.2 Å². The third kappa shape index (κ3) is 2.96. The van der Waals surface area contributed by atoms with E-state index >= 15 is 0 Å². The zero-order chi connectivity index (χ0) is 13.2. The van der Waals surface area contributed by atoms with Crippen LogP contribution >= 0.6 is 0 Å². The van der Waals surface area contributed by atoms with E-state index in [4.69, 9.17) is 9.52 Å². The molecule has 1 aromatic heterocycles. The Kier molecular flexibility index (Phi) is 3.81. The number of nitrogens with one attached hydrogen (secondary N) is 1. The second-order valence-corrected chi connectivity index (χ2v) is 5.75. The number of rotatable bonds is 4. The number of anilines is 1. The summed E-state index contributed by atoms with van der Waals surface area (Å²) in [7, 11) is 0. The van der Waals surface area contributed by atoms with E-state index < -0.39 is 0 Å². The number of hydrogen-bond acceptors (Lipinski definition) is 3. The van der Waals surface area contributed by atoms with E-state index in [1.165, 1.54) is 0 Å². The molecule has 0 saturated heterocycles. The Bertz CT molecular complexity index is 433. The van der Waals surface area contributed by atoms with E-state index in [0.29, 0.717) is 11.7 Å². The molecule has 3 heteroatoms. The molecule has 0 bridgehead atoms. The van der Waals surface area contributed by atoms with Crippen LogP contribution in [0.15, 0.2) is 28.2 Å². The fourth-order valence-corrected chi connectivity index (χ4v) is 2.45. The van der Waals surface area contributed by atoms with Crippen LogP contribution < -0.4 is 5.32 Å². The van der Waals surface area contributed by atoms with Crippen LogP contribution in [0.3, 0.4) is 0 Å². The van der Waals surface area contributed by atoms with Gasteiger partial charge in [-0.2, -0.15) is 0 Å². The zero-order valence-corrected chi connectivity index (χ0v) is 11.5. The SMILES string of the molecule is CC(C)C1=CCC(C)(Nc2ccc(CO)o2)CC1. The molecule has 1 heterocycles. The molecule has 0 aliphatic heterocycles. The first kappa shape index (κ1) is 13.2. The van der Waals surface area contributed by atoms with Crippen molar-refractivity contribution in [2.24, 2.45) is 5.92 Å². The minimum Gasteiger partial charge on any atom is -0.443 e. The lowest BCUT2D eigenvalue weighted by Crippen LogP contribution is -2.36. The zero-order valence-electron chi connectivity index (χ0n) is 11.5. The van der Waals surface area contributed by atoms with Crippen LogP contribution in [0.5, 0.6) is 0 Å². The third-order valence-electron chi connectivity index (χ3n) is 3.76. The van der Waals surface area contributed by atoms with Crippen LogP contribution in [0.4, 0.5) is 5.88 Å². The summed E-state index contributed by atoms with van der Waals surface area (Å²) in [6, 6.07) is 3.70. The molecule has 100 valence electrons. The minimum absolute atomic E-state index is 0.0458. The summed E-state index contributed by atoms with van der Waals surface area (Å²) >= 11 is 0. The summed E-state index contributed by atoms with van der Waals surface area (Å²) in [4.78, 5) is 0. The van der Waals surface area contributed by atoms with Gasteiger partial charge in [0.15, 0.2) is 5.88 Å². The van der Waals surface area contributed by atoms with Crippen LogP contribution in [0.2, 0.25) is 0 Å². The Morgan fingerprint density at radius 3 is 2.72 bits per heavy atom. The maximum Gasteiger partial charge on any atom is 0.193 e. The second kappa shape index (κ2) is 5.19. The molecule has 1 aliphatic carbocycles. The Morgan fingerprint density at radius 2 is 2.22 bits per heavy atom. The van der Waals surface area contributed by atoms with Crippen LogP contribution in [0, 0.1) is 5.92 Å². The topological polar surface area (TPSA) is 45.4 Å². The fourth-order valence-electron chi connectivity index (χ4n) is 2.45. The Balaban J connectivity index is 2.01. The summed E-state index contributed by atoms with van der Waals surface area (Å²) in [6.07, 6.45) is 5.65. The van der Waals surface area contributed by atoms with Crippen molar-refractivity contribution in [3.8, 4) is 0 Å². The first-order chi connectivity index (χ1) is 8.52. The maximum atomic E-state index is 8.99. The number of hydrogen-bond donors (Lipinski definition) is 2. The first-order valence-electron chi connectivity index (χ1n) is 6.69. The van der Waals surface area contributed by atoms with Gasteiger partial charge in [-0.25, -0.2) is 0 Å². The fraction of sp³-hybridized carbons (Fsp3) is 0.600. The largest absolute Gasteiger partial charge is 0.443 e. The van der Waals surface area contributed by atoms with Gasteiger partial charge in [-0.3, -0.25) is 0 Å². The van der Waals surface area contributed by atoms with Crippen molar-refractivity contribution in [1.29, 1.82) is 0 Å². The van der Waals surface area contributed by atoms with E-state index in [9.17, 15) is 0 Å². The summed E-state index contributed by atoms with van der Waals surface area (Å²) in [5.74, 6) is 2.01. The highest BCUT2D eigenvalue weighted by Gasteiger charge is 2.28. The Morgan fingerprint density at radius 1 is 1.44 bits per heavy atom. The number of allylic oxidation sites excluding steroid dienone is 1. The van der Waals surface area contributed by atoms with E-state index in [0.717, 1.165) is 25.1 Å². The highest BCUT2D eigenvalue weighted by molar-refractivity contribution is 5.37. The van der Waals surface area contributed by atoms with Gasteiger partial charge in [0.25, 0.3) is 0 Å². The molecule has 0 spiro atoms. The summed E-state index contributed by atoms with van der Waals surface area (Å²) in [5.41, 5.74) is 1.62. The average Bonchev–Trinajstić information content (AvgIpc) is 2.76. The predicted molar refractivity (Wildman–Crippen MR) is 73.4 cm³/mol. The quantitative estimate of drug-likeness (QED) is 0.800. The lowest BCUT2D eigenvalue weighted by molar-refractivity contribution is 0.248. The van der Waals surface area contributed by atoms with Gasteiger partial charge < -0.3 is 14.8 Å². The van der Waals surface area contributed by atoms with Crippen molar-refractivity contribution in [2.45, 2.75) is 52.2 Å². The van der Waals surface area contributed by atoms with Gasteiger partial charge in [-0.1, -0.05) is 25.5 Å². The van der Waals surface area contributed by atoms with Crippen molar-refractivity contribution < 1.29 is 9.52 Å². The molecular weight excluding hydrogens is 226 g/mol. The van der Waals surface area contributed by atoms with Crippen molar-refractivity contribution in [2.75, 3.05) is 5.32 Å². The lowest BCUT2D eigenvalue weighted by Gasteiger charge is -2.34. The molecule has 3 nitrogen and oxygen atoms in total. The Labute approximate surface area is 109 Å². The first-order valence-corrected chi connectivity index (χ1v) is 6.69. The number of aliphatic hydroxyl groups excluding tert-OH is 1. The molecule has 1 aliphatic rings. The second-order valence-electron chi connectivity index (χ2n) is 5.75. The van der Waals surface area contributed by atoms with Gasteiger partial charge in [-0.15, -0.1) is 0 Å². The van der Waals surface area contributed by atoms with Crippen molar-refractivity contribution in [3.63, 3.8) is 0 Å². The molecule has 18 heavy (non-hydrogen) atoms. The monoisotopic (exact) mass is 249 g/mol. The van der Waals surface area contributed by atoms with Gasteiger partial charge in [0.2, 0.25) is 0 Å². The van der Waals surface area contributed by atoms with E-state index in [2.05, 4.69) is 32.2 Å². The average molecular weight is 249 g/mol. The molecule has 1 aromatic rings. The maximum absolute atomic E-state index is 8.99. The van der Waals surface area contributed by atoms with E-state index in [-0.39, 0.29) is 12.1 Å². The molecule has 2 rings (SSSR count). The highest BCUT2D eigenvalue weighted by Crippen LogP contribution is 2.33. The summed E-state index contributed by atoms with van der Waals surface area (Å²) in [5, 5.41) is 12.4. The van der Waals surface area contributed by atoms with Crippen molar-refractivity contribution in [1.82, 2.24) is 0 Å². The van der Waals surface area contributed by atoms with Crippen molar-refractivity contribution in [3.05, 3.63) is 29.5 Å². The van der Waals surface area contributed by atoms with Crippen LogP contribution in [-0.2, 0) is 6.61 Å². The van der Waals surface area contributed by atoms with Gasteiger partial charge >= 0.3 is 0 Å². The highest BCUT2D eigenvalue weighted by atomic mass is 16.4. The molecule has 0 aromatic carbocycles. The summed E-state index contributed by atoms with van der Waals surface area (Å²) < 4.78 is 5.49. The van der Waals surface area contributed by atoms with Gasteiger partial charge in [0.05, 0.1) is 0 Å².